The summed E-state index contributed by atoms with van der Waals surface area (Å²) in [7, 11) is 0. The van der Waals surface area contributed by atoms with E-state index in [0.717, 1.165) is 0 Å². The number of aromatic carboxylic acids is 1. The minimum atomic E-state index is -1.16. The summed E-state index contributed by atoms with van der Waals surface area (Å²) < 4.78 is 14.3. The summed E-state index contributed by atoms with van der Waals surface area (Å²) in [4.78, 5) is 11.1. The fourth-order valence-electron chi connectivity index (χ4n) is 1.77. The number of aromatic nitrogens is 2. The smallest absolute Gasteiger partial charge is 0.357 e. The molecule has 0 aliphatic rings. The number of carbonyl (C=O) groups is 1. The van der Waals surface area contributed by atoms with Crippen LogP contribution in [0.25, 0.3) is 11.1 Å². The van der Waals surface area contributed by atoms with E-state index in [-0.39, 0.29) is 11.5 Å². The lowest BCUT2D eigenvalue weighted by Gasteiger charge is -2.02. The molecule has 1 aromatic carbocycles. The number of nitrogens with two attached hydrogens (primary N) is 1. The van der Waals surface area contributed by atoms with Crippen LogP contribution in [0.1, 0.15) is 17.4 Å². The molecule has 0 radical (unpaired) electrons. The van der Waals surface area contributed by atoms with Crippen LogP contribution < -0.4 is 5.73 Å². The zero-order valence-corrected chi connectivity index (χ0v) is 9.72. The SMILES string of the molecule is CCn1nc(C(=O)O)c(-c2ccc(F)cc2)c1N. The Morgan fingerprint density at radius 2 is 2.06 bits per heavy atom. The van der Waals surface area contributed by atoms with Crippen LogP contribution in [-0.2, 0) is 6.54 Å². The fourth-order valence-corrected chi connectivity index (χ4v) is 1.77. The normalized spacial score (nSPS) is 10.6. The van der Waals surface area contributed by atoms with E-state index >= 15 is 0 Å². The number of hydrogen-bond acceptors (Lipinski definition) is 3. The summed E-state index contributed by atoms with van der Waals surface area (Å²) in [6.45, 7) is 2.27. The summed E-state index contributed by atoms with van der Waals surface area (Å²) in [5.74, 6) is -1.29. The Morgan fingerprint density at radius 1 is 1.44 bits per heavy atom. The largest absolute Gasteiger partial charge is 0.476 e. The number of carboxylic acid groups (broad SMARTS) is 1. The molecule has 0 aliphatic heterocycles. The number of hydrogen-bond donors (Lipinski definition) is 2. The Bertz CT molecular complexity index is 590. The van der Waals surface area contributed by atoms with Crippen molar-refractivity contribution in [3.05, 3.63) is 35.8 Å². The highest BCUT2D eigenvalue weighted by Gasteiger charge is 2.21. The molecule has 0 amide bonds. The Kier molecular flexibility index (Phi) is 3.01. The van der Waals surface area contributed by atoms with E-state index in [1.54, 1.807) is 0 Å². The Balaban J connectivity index is 2.65. The van der Waals surface area contributed by atoms with E-state index < -0.39 is 11.8 Å². The molecular formula is C12H12FN3O2. The topological polar surface area (TPSA) is 81.1 Å². The maximum atomic E-state index is 12.9. The summed E-state index contributed by atoms with van der Waals surface area (Å²) in [5.41, 5.74) is 6.60. The molecule has 6 heteroatoms. The highest BCUT2D eigenvalue weighted by atomic mass is 19.1. The van der Waals surface area contributed by atoms with Crippen LogP contribution in [0.2, 0.25) is 0 Å². The van der Waals surface area contributed by atoms with Gasteiger partial charge in [0.25, 0.3) is 0 Å². The number of aryl methyl sites for hydroxylation is 1. The standard InChI is InChI=1S/C12H12FN3O2/c1-2-16-11(14)9(10(15-16)12(17)18)7-3-5-8(13)6-4-7/h3-6H,2,14H2,1H3,(H,17,18). The summed E-state index contributed by atoms with van der Waals surface area (Å²) in [6.07, 6.45) is 0. The number of carboxylic acids is 1. The first-order chi connectivity index (χ1) is 8.54. The van der Waals surface area contributed by atoms with Crippen LogP contribution >= 0.6 is 0 Å². The minimum absolute atomic E-state index is 0.124. The summed E-state index contributed by atoms with van der Waals surface area (Å²) >= 11 is 0. The van der Waals surface area contributed by atoms with Crippen molar-refractivity contribution >= 4 is 11.8 Å². The number of anilines is 1. The van der Waals surface area contributed by atoms with Gasteiger partial charge in [-0.1, -0.05) is 12.1 Å². The monoisotopic (exact) mass is 249 g/mol. The second kappa shape index (κ2) is 4.48. The van der Waals surface area contributed by atoms with Gasteiger partial charge in [-0.05, 0) is 24.6 Å². The van der Waals surface area contributed by atoms with Gasteiger partial charge in [0.1, 0.15) is 11.6 Å². The molecule has 0 fully saturated rings. The van der Waals surface area contributed by atoms with Crippen molar-refractivity contribution in [2.24, 2.45) is 0 Å². The van der Waals surface area contributed by atoms with Crippen molar-refractivity contribution in [2.45, 2.75) is 13.5 Å². The maximum absolute atomic E-state index is 12.9. The van der Waals surface area contributed by atoms with Crippen molar-refractivity contribution < 1.29 is 14.3 Å². The van der Waals surface area contributed by atoms with E-state index in [2.05, 4.69) is 5.10 Å². The first kappa shape index (κ1) is 12.1. The predicted molar refractivity (Wildman–Crippen MR) is 64.7 cm³/mol. The van der Waals surface area contributed by atoms with Crippen molar-refractivity contribution in [2.75, 3.05) is 5.73 Å². The van der Waals surface area contributed by atoms with Crippen molar-refractivity contribution in [1.29, 1.82) is 0 Å². The van der Waals surface area contributed by atoms with Gasteiger partial charge in [-0.15, -0.1) is 0 Å². The van der Waals surface area contributed by atoms with Crippen molar-refractivity contribution in [3.8, 4) is 11.1 Å². The van der Waals surface area contributed by atoms with Crippen molar-refractivity contribution in [1.82, 2.24) is 9.78 Å². The molecule has 94 valence electrons. The molecule has 0 saturated carbocycles. The molecule has 2 rings (SSSR count). The molecule has 0 aliphatic carbocycles. The van der Waals surface area contributed by atoms with E-state index in [9.17, 15) is 9.18 Å². The maximum Gasteiger partial charge on any atom is 0.357 e. The first-order valence-corrected chi connectivity index (χ1v) is 5.40. The van der Waals surface area contributed by atoms with Gasteiger partial charge < -0.3 is 10.8 Å². The number of nitrogens with zero attached hydrogens (tertiary/aromatic N) is 2. The highest BCUT2D eigenvalue weighted by Crippen LogP contribution is 2.29. The van der Waals surface area contributed by atoms with Gasteiger partial charge in [0.05, 0.1) is 5.56 Å². The Labute approximate surface area is 103 Å². The van der Waals surface area contributed by atoms with Gasteiger partial charge in [-0.3, -0.25) is 0 Å². The molecule has 0 atom stereocenters. The molecule has 0 bridgehead atoms. The molecule has 18 heavy (non-hydrogen) atoms. The van der Waals surface area contributed by atoms with Gasteiger partial charge in [0.15, 0.2) is 5.69 Å². The quantitative estimate of drug-likeness (QED) is 0.871. The number of benzene rings is 1. The van der Waals surface area contributed by atoms with Gasteiger partial charge in [-0.25, -0.2) is 13.9 Å². The lowest BCUT2D eigenvalue weighted by Crippen LogP contribution is -2.03. The Hall–Kier alpha value is -2.37. The summed E-state index contributed by atoms with van der Waals surface area (Å²) in [5, 5.41) is 13.0. The zero-order valence-electron chi connectivity index (χ0n) is 9.72. The highest BCUT2D eigenvalue weighted by molar-refractivity contribution is 5.97. The van der Waals surface area contributed by atoms with Crippen LogP contribution in [0.5, 0.6) is 0 Å². The average Bonchev–Trinajstić information content (AvgIpc) is 2.68. The number of halogens is 1. The fraction of sp³-hybridized carbons (Fsp3) is 0.167. The molecular weight excluding hydrogens is 237 g/mol. The number of nitrogen functional groups attached to an aromatic ring is 1. The van der Waals surface area contributed by atoms with Crippen LogP contribution in [-0.4, -0.2) is 20.9 Å². The van der Waals surface area contributed by atoms with Crippen LogP contribution in [0.4, 0.5) is 10.2 Å². The van der Waals surface area contributed by atoms with Crippen LogP contribution in [0.3, 0.4) is 0 Å². The van der Waals surface area contributed by atoms with Gasteiger partial charge in [-0.2, -0.15) is 5.10 Å². The third-order valence-electron chi connectivity index (χ3n) is 2.63. The summed E-state index contributed by atoms with van der Waals surface area (Å²) in [6, 6.07) is 5.47. The zero-order chi connectivity index (χ0) is 13.3. The molecule has 3 N–H and O–H groups in total. The molecule has 1 aromatic heterocycles. The van der Waals surface area contributed by atoms with Gasteiger partial charge in [0.2, 0.25) is 0 Å². The predicted octanol–water partition coefficient (Wildman–Crippen LogP) is 1.99. The number of rotatable bonds is 3. The van der Waals surface area contributed by atoms with Gasteiger partial charge >= 0.3 is 5.97 Å². The first-order valence-electron chi connectivity index (χ1n) is 5.40. The second-order valence-electron chi connectivity index (χ2n) is 3.74. The van der Waals surface area contributed by atoms with Crippen LogP contribution in [0.15, 0.2) is 24.3 Å². The average molecular weight is 249 g/mol. The molecule has 2 aromatic rings. The molecule has 1 heterocycles. The minimum Gasteiger partial charge on any atom is -0.476 e. The van der Waals surface area contributed by atoms with E-state index in [1.165, 1.54) is 28.9 Å². The van der Waals surface area contributed by atoms with Gasteiger partial charge in [0, 0.05) is 6.54 Å². The van der Waals surface area contributed by atoms with E-state index in [0.29, 0.717) is 17.7 Å². The van der Waals surface area contributed by atoms with E-state index in [1.807, 2.05) is 6.92 Å². The molecule has 0 spiro atoms. The van der Waals surface area contributed by atoms with Crippen molar-refractivity contribution in [3.63, 3.8) is 0 Å². The molecule has 5 nitrogen and oxygen atoms in total. The second-order valence-corrected chi connectivity index (χ2v) is 3.74. The van der Waals surface area contributed by atoms with Crippen LogP contribution in [0, 0.1) is 5.82 Å². The third-order valence-corrected chi connectivity index (χ3v) is 2.63. The van der Waals surface area contributed by atoms with E-state index in [4.69, 9.17) is 10.8 Å². The Morgan fingerprint density at radius 3 is 2.56 bits per heavy atom. The molecule has 0 saturated heterocycles. The third kappa shape index (κ3) is 1.92. The molecule has 0 unspecified atom stereocenters. The lowest BCUT2D eigenvalue weighted by atomic mass is 10.1. The lowest BCUT2D eigenvalue weighted by molar-refractivity contribution is 0.0690.